The molecule has 0 aliphatic carbocycles. The van der Waals surface area contributed by atoms with Crippen LogP contribution in [0.5, 0.6) is 11.5 Å². The molecule has 12 heteroatoms. The Morgan fingerprint density at radius 2 is 1.70 bits per heavy atom. The van der Waals surface area contributed by atoms with Crippen LogP contribution < -0.4 is 19.1 Å². The number of halogens is 2. The smallest absolute Gasteiger partial charge is 0.243 e. The molecule has 0 fully saturated rings. The quantitative estimate of drug-likeness (QED) is 0.381. The molecule has 0 aromatic heterocycles. The minimum atomic E-state index is -3.65. The van der Waals surface area contributed by atoms with Gasteiger partial charge in [-0.2, -0.15) is 0 Å². The van der Waals surface area contributed by atoms with Crippen LogP contribution in [0.1, 0.15) is 52.5 Å². The number of nitrogens with one attached hydrogen (secondary N) is 1. The van der Waals surface area contributed by atoms with Crippen molar-refractivity contribution in [1.82, 2.24) is 10.2 Å². The van der Waals surface area contributed by atoms with Gasteiger partial charge in [-0.25, -0.2) is 8.42 Å². The lowest BCUT2D eigenvalue weighted by molar-refractivity contribution is -0.142. The molecule has 3 rings (SSSR count). The molecule has 1 N–H and O–H groups in total. The maximum Gasteiger partial charge on any atom is 0.243 e. The predicted octanol–water partition coefficient (Wildman–Crippen LogP) is 5.03. The molecule has 0 unspecified atom stereocenters. The maximum absolute atomic E-state index is 13.6. The van der Waals surface area contributed by atoms with Gasteiger partial charge in [-0.1, -0.05) is 36.2 Å². The molecular formula is C28H37Cl2N3O6S. The summed E-state index contributed by atoms with van der Waals surface area (Å²) in [6.07, 6.45) is 1.76. The van der Waals surface area contributed by atoms with Gasteiger partial charge in [0.05, 0.1) is 22.0 Å². The van der Waals surface area contributed by atoms with Gasteiger partial charge in [0.2, 0.25) is 21.8 Å². The highest BCUT2D eigenvalue weighted by Gasteiger charge is 2.31. The molecule has 1 aliphatic rings. The molecule has 1 atom stereocenters. The van der Waals surface area contributed by atoms with E-state index in [1.165, 1.54) is 9.21 Å². The Hall–Kier alpha value is -2.69. The summed E-state index contributed by atoms with van der Waals surface area (Å²) in [6, 6.07) is 9.29. The number of hydrogen-bond acceptors (Lipinski definition) is 6. The van der Waals surface area contributed by atoms with Crippen molar-refractivity contribution in [3.63, 3.8) is 0 Å². The van der Waals surface area contributed by atoms with Crippen molar-refractivity contribution >= 4 is 50.7 Å². The first-order valence-electron chi connectivity index (χ1n) is 13.1. The van der Waals surface area contributed by atoms with E-state index in [2.05, 4.69) is 5.32 Å². The van der Waals surface area contributed by atoms with Crippen molar-refractivity contribution < 1.29 is 27.5 Å². The third-order valence-corrected chi connectivity index (χ3v) is 8.12. The lowest BCUT2D eigenvalue weighted by Gasteiger charge is -2.33. The van der Waals surface area contributed by atoms with Crippen molar-refractivity contribution in [3.05, 3.63) is 52.0 Å². The summed E-state index contributed by atoms with van der Waals surface area (Å²) in [7, 11) is -3.65. The molecule has 40 heavy (non-hydrogen) atoms. The predicted molar refractivity (Wildman–Crippen MR) is 158 cm³/mol. The molecule has 2 aromatic carbocycles. The van der Waals surface area contributed by atoms with E-state index in [4.69, 9.17) is 32.7 Å². The van der Waals surface area contributed by atoms with Crippen molar-refractivity contribution in [3.8, 4) is 11.5 Å². The summed E-state index contributed by atoms with van der Waals surface area (Å²) < 4.78 is 37.7. The topological polar surface area (TPSA) is 105 Å². The third kappa shape index (κ3) is 8.65. The Morgan fingerprint density at radius 1 is 1.02 bits per heavy atom. The number of anilines is 1. The van der Waals surface area contributed by atoms with Crippen LogP contribution >= 0.6 is 23.2 Å². The van der Waals surface area contributed by atoms with E-state index in [0.29, 0.717) is 46.9 Å². The van der Waals surface area contributed by atoms with Gasteiger partial charge in [0, 0.05) is 31.1 Å². The van der Waals surface area contributed by atoms with Gasteiger partial charge in [0.15, 0.2) is 11.5 Å². The minimum Gasteiger partial charge on any atom is -0.486 e. The number of carbonyl (C=O) groups excluding carboxylic acids is 2. The monoisotopic (exact) mass is 613 g/mol. The number of sulfonamides is 1. The lowest BCUT2D eigenvalue weighted by atomic mass is 10.0. The highest BCUT2D eigenvalue weighted by Crippen LogP contribution is 2.35. The SMILES string of the molecule is CC[C@H](C(=O)NC(C)(C)C)N(Cc1ccc(Cl)c(Cl)c1)C(=O)CCCN(c1ccc2c(c1)OCCO2)S(C)(=O)=O. The molecule has 0 radical (unpaired) electrons. The first kappa shape index (κ1) is 31.8. The number of nitrogens with zero attached hydrogens (tertiary/aromatic N) is 2. The molecule has 0 saturated heterocycles. The van der Waals surface area contributed by atoms with E-state index >= 15 is 0 Å². The number of benzene rings is 2. The molecule has 9 nitrogen and oxygen atoms in total. The summed E-state index contributed by atoms with van der Waals surface area (Å²) in [5, 5.41) is 3.70. The maximum atomic E-state index is 13.6. The van der Waals surface area contributed by atoms with Gasteiger partial charge in [-0.15, -0.1) is 0 Å². The number of rotatable bonds is 11. The van der Waals surface area contributed by atoms with Crippen LogP contribution in [-0.2, 0) is 26.2 Å². The standard InChI is InChI=1S/C28H37Cl2N3O6S/c1-6-23(27(35)31-28(2,3)4)32(18-19-9-11-21(29)22(30)16-19)26(34)8-7-13-33(40(5,36)37)20-10-12-24-25(17-20)39-15-14-38-24/h9-12,16-17,23H,6-8,13-15,18H2,1-5H3,(H,31,35)/t23-/m1/s1. The van der Waals surface area contributed by atoms with Crippen LogP contribution in [0.3, 0.4) is 0 Å². The number of fused-ring (bicyclic) bond motifs is 1. The average molecular weight is 615 g/mol. The molecule has 1 aliphatic heterocycles. The third-order valence-electron chi connectivity index (χ3n) is 6.19. The number of amides is 2. The van der Waals surface area contributed by atoms with Crippen LogP contribution in [0.4, 0.5) is 5.69 Å². The Kier molecular flexibility index (Phi) is 10.6. The van der Waals surface area contributed by atoms with Crippen LogP contribution in [0, 0.1) is 0 Å². The zero-order valence-electron chi connectivity index (χ0n) is 23.5. The molecule has 1 heterocycles. The summed E-state index contributed by atoms with van der Waals surface area (Å²) in [5.41, 5.74) is 0.657. The Labute approximate surface area is 246 Å². The van der Waals surface area contributed by atoms with Crippen molar-refractivity contribution in [2.45, 2.75) is 65.1 Å². The number of hydrogen-bond donors (Lipinski definition) is 1. The van der Waals surface area contributed by atoms with Gasteiger partial charge in [0.1, 0.15) is 19.3 Å². The second kappa shape index (κ2) is 13.3. The fourth-order valence-electron chi connectivity index (χ4n) is 4.40. The zero-order valence-corrected chi connectivity index (χ0v) is 25.8. The van der Waals surface area contributed by atoms with Crippen LogP contribution in [-0.4, -0.2) is 62.7 Å². The van der Waals surface area contributed by atoms with Crippen molar-refractivity contribution in [2.75, 3.05) is 30.3 Å². The van der Waals surface area contributed by atoms with Crippen LogP contribution in [0.15, 0.2) is 36.4 Å². The van der Waals surface area contributed by atoms with Gasteiger partial charge in [-0.3, -0.25) is 13.9 Å². The van der Waals surface area contributed by atoms with E-state index < -0.39 is 21.6 Å². The summed E-state index contributed by atoms with van der Waals surface area (Å²) >= 11 is 12.3. The van der Waals surface area contributed by atoms with Crippen molar-refractivity contribution in [1.29, 1.82) is 0 Å². The van der Waals surface area contributed by atoms with E-state index in [1.54, 1.807) is 36.4 Å². The van der Waals surface area contributed by atoms with Gasteiger partial charge in [0.25, 0.3) is 0 Å². The lowest BCUT2D eigenvalue weighted by Crippen LogP contribution is -2.53. The van der Waals surface area contributed by atoms with Crippen LogP contribution in [0.2, 0.25) is 10.0 Å². The van der Waals surface area contributed by atoms with Gasteiger partial charge >= 0.3 is 0 Å². The van der Waals surface area contributed by atoms with Crippen LogP contribution in [0.25, 0.3) is 0 Å². The van der Waals surface area contributed by atoms with E-state index in [9.17, 15) is 18.0 Å². The molecule has 0 bridgehead atoms. The Morgan fingerprint density at radius 3 is 2.30 bits per heavy atom. The summed E-state index contributed by atoms with van der Waals surface area (Å²) in [5.74, 6) is 0.475. The fourth-order valence-corrected chi connectivity index (χ4v) is 5.68. The fraction of sp³-hybridized carbons (Fsp3) is 0.500. The summed E-state index contributed by atoms with van der Waals surface area (Å²) in [4.78, 5) is 28.3. The van der Waals surface area contributed by atoms with Gasteiger partial charge < -0.3 is 19.7 Å². The highest BCUT2D eigenvalue weighted by atomic mass is 35.5. The normalized spacial score (nSPS) is 13.9. The largest absolute Gasteiger partial charge is 0.486 e. The highest BCUT2D eigenvalue weighted by molar-refractivity contribution is 7.92. The molecule has 2 aromatic rings. The first-order chi connectivity index (χ1) is 18.7. The summed E-state index contributed by atoms with van der Waals surface area (Å²) in [6.45, 7) is 8.48. The number of ether oxygens (including phenoxy) is 2. The minimum absolute atomic E-state index is 0.0250. The molecule has 0 saturated carbocycles. The van der Waals surface area contributed by atoms with E-state index in [-0.39, 0.29) is 37.7 Å². The Bertz CT molecular complexity index is 1330. The first-order valence-corrected chi connectivity index (χ1v) is 15.7. The molecule has 220 valence electrons. The second-order valence-electron chi connectivity index (χ2n) is 10.7. The number of carbonyl (C=O) groups is 2. The average Bonchev–Trinajstić information content (AvgIpc) is 2.86. The molecular weight excluding hydrogens is 577 g/mol. The molecule has 2 amide bonds. The zero-order chi connectivity index (χ0) is 29.7. The molecule has 0 spiro atoms. The van der Waals surface area contributed by atoms with Gasteiger partial charge in [-0.05, 0) is 63.4 Å². The Balaban J connectivity index is 1.80. The van der Waals surface area contributed by atoms with E-state index in [1.807, 2.05) is 27.7 Å². The van der Waals surface area contributed by atoms with Crippen molar-refractivity contribution in [2.24, 2.45) is 0 Å². The van der Waals surface area contributed by atoms with E-state index in [0.717, 1.165) is 11.8 Å². The second-order valence-corrected chi connectivity index (χ2v) is 13.4.